The standard InChI is InChI=1S/C19H22N4O4S/c1-13-2-6-17(7-3-13)28(26,27)22-19(25)23-10-8-14-4-5-16(21-18(20)24)12-15(14)9-11-23/h2-7,12H,8-11H2,1H3,(H,22,25)(H3,20,21,24). The fraction of sp³-hybridized carbons (Fsp3) is 0.263. The summed E-state index contributed by atoms with van der Waals surface area (Å²) in [6.07, 6.45) is 1.13. The molecule has 0 fully saturated rings. The molecule has 0 saturated heterocycles. The molecule has 4 amide bonds. The summed E-state index contributed by atoms with van der Waals surface area (Å²) in [4.78, 5) is 25.1. The van der Waals surface area contributed by atoms with Gasteiger partial charge in [-0.15, -0.1) is 0 Å². The molecule has 1 aliphatic heterocycles. The van der Waals surface area contributed by atoms with Crippen LogP contribution in [-0.4, -0.2) is 38.5 Å². The first-order valence-corrected chi connectivity index (χ1v) is 10.3. The van der Waals surface area contributed by atoms with E-state index >= 15 is 0 Å². The van der Waals surface area contributed by atoms with Crippen molar-refractivity contribution in [2.24, 2.45) is 5.73 Å². The second-order valence-electron chi connectivity index (χ2n) is 6.68. The highest BCUT2D eigenvalue weighted by atomic mass is 32.2. The van der Waals surface area contributed by atoms with E-state index in [1.807, 2.05) is 19.1 Å². The maximum absolute atomic E-state index is 12.5. The number of anilines is 1. The van der Waals surface area contributed by atoms with Crippen molar-refractivity contribution in [2.75, 3.05) is 18.4 Å². The molecule has 0 atom stereocenters. The minimum atomic E-state index is -3.93. The highest BCUT2D eigenvalue weighted by Gasteiger charge is 2.24. The van der Waals surface area contributed by atoms with Crippen LogP contribution in [0.5, 0.6) is 0 Å². The third-order valence-electron chi connectivity index (χ3n) is 4.62. The number of rotatable bonds is 3. The summed E-state index contributed by atoms with van der Waals surface area (Å²) >= 11 is 0. The maximum Gasteiger partial charge on any atom is 0.331 e. The number of sulfonamides is 1. The molecule has 0 saturated carbocycles. The fourth-order valence-corrected chi connectivity index (χ4v) is 4.08. The Bertz CT molecular complexity index is 1000. The van der Waals surface area contributed by atoms with E-state index in [1.165, 1.54) is 17.0 Å². The molecule has 0 spiro atoms. The third kappa shape index (κ3) is 4.61. The highest BCUT2D eigenvalue weighted by Crippen LogP contribution is 2.21. The summed E-state index contributed by atoms with van der Waals surface area (Å²) < 4.78 is 27.0. The Hall–Kier alpha value is -3.07. The van der Waals surface area contributed by atoms with Crippen LogP contribution in [0.2, 0.25) is 0 Å². The van der Waals surface area contributed by atoms with E-state index in [0.717, 1.165) is 16.7 Å². The molecule has 2 aromatic rings. The first-order valence-electron chi connectivity index (χ1n) is 8.81. The number of hydrogen-bond donors (Lipinski definition) is 3. The summed E-state index contributed by atoms with van der Waals surface area (Å²) in [5.74, 6) is 0. The molecule has 148 valence electrons. The van der Waals surface area contributed by atoms with Crippen LogP contribution in [0.3, 0.4) is 0 Å². The van der Waals surface area contributed by atoms with Gasteiger partial charge in [-0.1, -0.05) is 23.8 Å². The van der Waals surface area contributed by atoms with Gasteiger partial charge in [-0.05, 0) is 55.2 Å². The average Bonchev–Trinajstić information content (AvgIpc) is 2.83. The van der Waals surface area contributed by atoms with Gasteiger partial charge >= 0.3 is 12.1 Å². The van der Waals surface area contributed by atoms with Crippen LogP contribution in [0.15, 0.2) is 47.4 Å². The number of hydrogen-bond acceptors (Lipinski definition) is 4. The Balaban J connectivity index is 1.69. The number of nitrogens with one attached hydrogen (secondary N) is 2. The molecule has 2 aromatic carbocycles. The Morgan fingerprint density at radius 1 is 1.00 bits per heavy atom. The second-order valence-corrected chi connectivity index (χ2v) is 8.37. The van der Waals surface area contributed by atoms with Crippen molar-refractivity contribution in [1.29, 1.82) is 0 Å². The molecular weight excluding hydrogens is 380 g/mol. The molecule has 0 aromatic heterocycles. The number of primary amides is 1. The van der Waals surface area contributed by atoms with Gasteiger partial charge in [0.2, 0.25) is 0 Å². The molecular formula is C19H22N4O4S. The lowest BCUT2D eigenvalue weighted by molar-refractivity contribution is 0.206. The topological polar surface area (TPSA) is 122 Å². The van der Waals surface area contributed by atoms with Crippen LogP contribution >= 0.6 is 0 Å². The van der Waals surface area contributed by atoms with Gasteiger partial charge in [0, 0.05) is 18.8 Å². The first kappa shape index (κ1) is 19.7. The van der Waals surface area contributed by atoms with Gasteiger partial charge in [0.05, 0.1) is 4.90 Å². The van der Waals surface area contributed by atoms with Crippen molar-refractivity contribution in [3.8, 4) is 0 Å². The van der Waals surface area contributed by atoms with E-state index in [2.05, 4.69) is 10.0 Å². The largest absolute Gasteiger partial charge is 0.351 e. The van der Waals surface area contributed by atoms with Crippen molar-refractivity contribution in [1.82, 2.24) is 9.62 Å². The highest BCUT2D eigenvalue weighted by molar-refractivity contribution is 7.90. The molecule has 9 heteroatoms. The Morgan fingerprint density at radius 3 is 2.29 bits per heavy atom. The summed E-state index contributed by atoms with van der Waals surface area (Å²) in [7, 11) is -3.93. The predicted molar refractivity (Wildman–Crippen MR) is 106 cm³/mol. The van der Waals surface area contributed by atoms with Crippen LogP contribution in [0.1, 0.15) is 16.7 Å². The van der Waals surface area contributed by atoms with E-state index in [4.69, 9.17) is 5.73 Å². The van der Waals surface area contributed by atoms with E-state index in [-0.39, 0.29) is 4.90 Å². The minimum Gasteiger partial charge on any atom is -0.351 e. The zero-order valence-corrected chi connectivity index (χ0v) is 16.3. The van der Waals surface area contributed by atoms with Gasteiger partial charge in [0.15, 0.2) is 0 Å². The molecule has 28 heavy (non-hydrogen) atoms. The van der Waals surface area contributed by atoms with Crippen molar-refractivity contribution < 1.29 is 18.0 Å². The Kier molecular flexibility index (Phi) is 5.55. The number of urea groups is 2. The van der Waals surface area contributed by atoms with Crippen molar-refractivity contribution in [2.45, 2.75) is 24.7 Å². The van der Waals surface area contributed by atoms with Crippen LogP contribution in [0.25, 0.3) is 0 Å². The summed E-state index contributed by atoms with van der Waals surface area (Å²) in [5.41, 5.74) is 8.70. The van der Waals surface area contributed by atoms with Crippen molar-refractivity contribution in [3.63, 3.8) is 0 Å². The van der Waals surface area contributed by atoms with E-state index in [1.54, 1.807) is 18.2 Å². The molecule has 1 aliphatic rings. The number of fused-ring (bicyclic) bond motifs is 1. The molecule has 0 aliphatic carbocycles. The van der Waals surface area contributed by atoms with Crippen LogP contribution < -0.4 is 15.8 Å². The van der Waals surface area contributed by atoms with Gasteiger partial charge in [-0.3, -0.25) is 0 Å². The van der Waals surface area contributed by atoms with E-state index < -0.39 is 22.1 Å². The van der Waals surface area contributed by atoms with Gasteiger partial charge in [0.1, 0.15) is 0 Å². The first-order chi connectivity index (χ1) is 13.2. The maximum atomic E-state index is 12.5. The van der Waals surface area contributed by atoms with Crippen molar-refractivity contribution >= 4 is 27.8 Å². The number of amides is 4. The lowest BCUT2D eigenvalue weighted by Crippen LogP contribution is -2.43. The molecule has 0 radical (unpaired) electrons. The van der Waals surface area contributed by atoms with E-state index in [0.29, 0.717) is 31.6 Å². The smallest absolute Gasteiger partial charge is 0.331 e. The monoisotopic (exact) mass is 402 g/mol. The SMILES string of the molecule is Cc1ccc(S(=O)(=O)NC(=O)N2CCc3ccc(NC(N)=O)cc3CC2)cc1. The lowest BCUT2D eigenvalue weighted by Gasteiger charge is -2.20. The average molecular weight is 402 g/mol. The Morgan fingerprint density at radius 2 is 1.64 bits per heavy atom. The van der Waals surface area contributed by atoms with Gasteiger partial charge in [-0.25, -0.2) is 22.7 Å². The molecule has 0 bridgehead atoms. The number of carbonyl (C=O) groups excluding carboxylic acids is 2. The van der Waals surface area contributed by atoms with Gasteiger partial charge < -0.3 is 16.0 Å². The number of carbonyl (C=O) groups is 2. The molecule has 8 nitrogen and oxygen atoms in total. The Labute approximate surface area is 163 Å². The summed E-state index contributed by atoms with van der Waals surface area (Å²) in [5, 5.41) is 2.53. The zero-order chi connectivity index (χ0) is 20.3. The predicted octanol–water partition coefficient (Wildman–Crippen LogP) is 1.98. The quantitative estimate of drug-likeness (QED) is 0.727. The summed E-state index contributed by atoms with van der Waals surface area (Å²) in [6, 6.07) is 10.5. The number of nitrogens with zero attached hydrogens (tertiary/aromatic N) is 1. The molecule has 4 N–H and O–H groups in total. The van der Waals surface area contributed by atoms with Gasteiger partial charge in [0.25, 0.3) is 10.0 Å². The second kappa shape index (κ2) is 7.89. The normalized spacial score (nSPS) is 14.0. The van der Waals surface area contributed by atoms with Crippen LogP contribution in [-0.2, 0) is 22.9 Å². The number of nitrogens with two attached hydrogens (primary N) is 1. The minimum absolute atomic E-state index is 0.0479. The molecule has 0 unspecified atom stereocenters. The van der Waals surface area contributed by atoms with Crippen LogP contribution in [0.4, 0.5) is 15.3 Å². The van der Waals surface area contributed by atoms with Gasteiger partial charge in [-0.2, -0.15) is 0 Å². The molecule has 1 heterocycles. The zero-order valence-electron chi connectivity index (χ0n) is 15.4. The third-order valence-corrected chi connectivity index (χ3v) is 5.95. The summed E-state index contributed by atoms with van der Waals surface area (Å²) in [6.45, 7) is 2.61. The molecule has 3 rings (SSSR count). The number of aryl methyl sites for hydroxylation is 1. The van der Waals surface area contributed by atoms with E-state index in [9.17, 15) is 18.0 Å². The lowest BCUT2D eigenvalue weighted by atomic mass is 10.0. The number of benzene rings is 2. The van der Waals surface area contributed by atoms with Crippen LogP contribution in [0, 0.1) is 6.92 Å². The fourth-order valence-electron chi connectivity index (χ4n) is 3.10. The van der Waals surface area contributed by atoms with Crippen molar-refractivity contribution in [3.05, 3.63) is 59.2 Å².